The highest BCUT2D eigenvalue weighted by Crippen LogP contribution is 2.20. The van der Waals surface area contributed by atoms with Crippen LogP contribution < -0.4 is 0 Å². The summed E-state index contributed by atoms with van der Waals surface area (Å²) in [5.41, 5.74) is 3.42. The summed E-state index contributed by atoms with van der Waals surface area (Å²) in [6, 6.07) is 7.97. The predicted octanol–water partition coefficient (Wildman–Crippen LogP) is 5.73. The van der Waals surface area contributed by atoms with Crippen LogP contribution in [0.15, 0.2) is 36.4 Å². The minimum absolute atomic E-state index is 0.769. The van der Waals surface area contributed by atoms with Crippen LogP contribution >= 0.6 is 11.6 Å². The summed E-state index contributed by atoms with van der Waals surface area (Å²) in [6.45, 7) is 8.34. The van der Waals surface area contributed by atoms with Crippen LogP contribution in [0.5, 0.6) is 0 Å². The smallest absolute Gasteiger partial charge is 0.0706 e. The summed E-state index contributed by atoms with van der Waals surface area (Å²) in [6.07, 6.45) is 6.36. The molecule has 2 aromatic rings. The summed E-state index contributed by atoms with van der Waals surface area (Å²) in [5.74, 6) is 0. The van der Waals surface area contributed by atoms with Gasteiger partial charge in [0.05, 0.1) is 5.52 Å². The fraction of sp³-hybridized carbons (Fsp3) is 0.353. The van der Waals surface area contributed by atoms with Gasteiger partial charge in [-0.3, -0.25) is 4.98 Å². The molecule has 0 unspecified atom stereocenters. The zero-order valence-electron chi connectivity index (χ0n) is 12.2. The molecule has 0 atom stereocenters. The van der Waals surface area contributed by atoms with E-state index in [1.165, 1.54) is 5.56 Å². The third-order valence-electron chi connectivity index (χ3n) is 2.92. The first-order valence-corrected chi connectivity index (χ1v) is 7.17. The number of aryl methyl sites for hydroxylation is 2. The maximum atomic E-state index is 5.93. The Morgan fingerprint density at radius 2 is 1.95 bits per heavy atom. The van der Waals surface area contributed by atoms with E-state index in [0.29, 0.717) is 0 Å². The van der Waals surface area contributed by atoms with Gasteiger partial charge in [0, 0.05) is 16.1 Å². The lowest BCUT2D eigenvalue weighted by molar-refractivity contribution is 1.07. The zero-order valence-corrected chi connectivity index (χ0v) is 13.0. The van der Waals surface area contributed by atoms with Crippen molar-refractivity contribution < 1.29 is 0 Å². The average molecular weight is 276 g/mol. The van der Waals surface area contributed by atoms with Crippen molar-refractivity contribution in [2.45, 2.75) is 40.5 Å². The maximum Gasteiger partial charge on any atom is 0.0706 e. The van der Waals surface area contributed by atoms with E-state index in [0.717, 1.165) is 34.5 Å². The van der Waals surface area contributed by atoms with Gasteiger partial charge in [0.1, 0.15) is 0 Å². The van der Waals surface area contributed by atoms with Crippen LogP contribution in [-0.2, 0) is 6.42 Å². The second kappa shape index (κ2) is 7.96. The molecule has 0 aliphatic carbocycles. The Balaban J connectivity index is 0.000000312. The normalized spacial score (nSPS) is 10.6. The number of pyridine rings is 1. The van der Waals surface area contributed by atoms with Crippen LogP contribution in [0, 0.1) is 6.92 Å². The number of allylic oxidation sites excluding steroid dienone is 2. The molecule has 19 heavy (non-hydrogen) atoms. The molecule has 102 valence electrons. The van der Waals surface area contributed by atoms with Gasteiger partial charge in [-0.05, 0) is 56.5 Å². The highest BCUT2D eigenvalue weighted by molar-refractivity contribution is 6.31. The van der Waals surface area contributed by atoms with Crippen molar-refractivity contribution in [2.75, 3.05) is 0 Å². The largest absolute Gasteiger partial charge is 0.253 e. The first-order valence-electron chi connectivity index (χ1n) is 6.79. The summed E-state index contributed by atoms with van der Waals surface area (Å²) >= 11 is 5.93. The summed E-state index contributed by atoms with van der Waals surface area (Å²) < 4.78 is 0. The topological polar surface area (TPSA) is 12.9 Å². The molecule has 0 radical (unpaired) electrons. The van der Waals surface area contributed by atoms with Crippen LogP contribution in [0.2, 0.25) is 5.02 Å². The number of hydrogen-bond donors (Lipinski definition) is 0. The van der Waals surface area contributed by atoms with E-state index in [9.17, 15) is 0 Å². The Morgan fingerprint density at radius 3 is 2.47 bits per heavy atom. The van der Waals surface area contributed by atoms with Gasteiger partial charge in [-0.25, -0.2) is 0 Å². The van der Waals surface area contributed by atoms with E-state index < -0.39 is 0 Å². The van der Waals surface area contributed by atoms with Crippen molar-refractivity contribution >= 4 is 22.5 Å². The molecule has 1 aromatic carbocycles. The molecule has 2 heteroatoms. The number of hydrogen-bond acceptors (Lipinski definition) is 1. The lowest BCUT2D eigenvalue weighted by Crippen LogP contribution is -1.91. The summed E-state index contributed by atoms with van der Waals surface area (Å²) in [7, 11) is 0. The van der Waals surface area contributed by atoms with Gasteiger partial charge >= 0.3 is 0 Å². The number of benzene rings is 1. The van der Waals surface area contributed by atoms with Crippen molar-refractivity contribution in [2.24, 2.45) is 0 Å². The highest BCUT2D eigenvalue weighted by Gasteiger charge is 2.01. The van der Waals surface area contributed by atoms with Gasteiger partial charge in [-0.15, -0.1) is 0 Å². The van der Waals surface area contributed by atoms with Crippen LogP contribution in [-0.4, -0.2) is 4.98 Å². The van der Waals surface area contributed by atoms with Crippen LogP contribution in [0.3, 0.4) is 0 Å². The summed E-state index contributed by atoms with van der Waals surface area (Å²) in [4.78, 5) is 4.53. The predicted molar refractivity (Wildman–Crippen MR) is 86.0 cm³/mol. The molecule has 0 fully saturated rings. The third-order valence-corrected chi connectivity index (χ3v) is 3.16. The molecule has 0 saturated heterocycles. The molecule has 1 nitrogen and oxygen atoms in total. The number of rotatable bonds is 2. The molecule has 0 spiro atoms. The highest BCUT2D eigenvalue weighted by atomic mass is 35.5. The van der Waals surface area contributed by atoms with Crippen molar-refractivity contribution in [3.8, 4) is 0 Å². The van der Waals surface area contributed by atoms with Gasteiger partial charge in [0.25, 0.3) is 0 Å². The minimum Gasteiger partial charge on any atom is -0.253 e. The lowest BCUT2D eigenvalue weighted by Gasteiger charge is -2.05. The van der Waals surface area contributed by atoms with Gasteiger partial charge in [-0.1, -0.05) is 37.6 Å². The lowest BCUT2D eigenvalue weighted by atomic mass is 10.1. The van der Waals surface area contributed by atoms with Crippen LogP contribution in [0.25, 0.3) is 10.9 Å². The first-order chi connectivity index (χ1) is 9.12. The number of halogens is 1. The van der Waals surface area contributed by atoms with Crippen molar-refractivity contribution in [1.82, 2.24) is 4.98 Å². The van der Waals surface area contributed by atoms with E-state index in [4.69, 9.17) is 11.6 Å². The second-order valence-electron chi connectivity index (χ2n) is 4.40. The van der Waals surface area contributed by atoms with Gasteiger partial charge in [-0.2, -0.15) is 0 Å². The van der Waals surface area contributed by atoms with E-state index in [2.05, 4.69) is 37.0 Å². The molecule has 0 aliphatic rings. The van der Waals surface area contributed by atoms with Crippen molar-refractivity contribution in [3.05, 3.63) is 52.7 Å². The third kappa shape index (κ3) is 4.68. The number of fused-ring (bicyclic) bond motifs is 1. The average Bonchev–Trinajstić information content (AvgIpc) is 2.40. The quantitative estimate of drug-likeness (QED) is 0.638. The van der Waals surface area contributed by atoms with E-state index in [-0.39, 0.29) is 0 Å². The molecule has 1 aromatic heterocycles. The SMILES string of the molecule is C/C=C/CC.CCc1cc2cc(Cl)ccc2nc1C. The molecule has 0 amide bonds. The van der Waals surface area contributed by atoms with Crippen molar-refractivity contribution in [3.63, 3.8) is 0 Å². The van der Waals surface area contributed by atoms with E-state index >= 15 is 0 Å². The van der Waals surface area contributed by atoms with E-state index in [1.54, 1.807) is 0 Å². The molecule has 0 saturated carbocycles. The Morgan fingerprint density at radius 1 is 1.21 bits per heavy atom. The molecule has 0 aliphatic heterocycles. The number of nitrogens with zero attached hydrogens (tertiary/aromatic N) is 1. The zero-order chi connectivity index (χ0) is 14.3. The maximum absolute atomic E-state index is 5.93. The Hall–Kier alpha value is -1.34. The molecule has 2 rings (SSSR count). The van der Waals surface area contributed by atoms with Gasteiger partial charge < -0.3 is 0 Å². The van der Waals surface area contributed by atoms with E-state index in [1.807, 2.05) is 32.0 Å². The fourth-order valence-corrected chi connectivity index (χ4v) is 2.06. The number of aromatic nitrogens is 1. The molecule has 0 N–H and O–H groups in total. The van der Waals surface area contributed by atoms with Gasteiger partial charge in [0.2, 0.25) is 0 Å². The minimum atomic E-state index is 0.769. The Labute approximate surface area is 121 Å². The molecular formula is C17H22ClN. The van der Waals surface area contributed by atoms with Crippen LogP contribution in [0.1, 0.15) is 38.4 Å². The Kier molecular flexibility index (Phi) is 6.58. The second-order valence-corrected chi connectivity index (χ2v) is 4.84. The molecular weight excluding hydrogens is 254 g/mol. The fourth-order valence-electron chi connectivity index (χ4n) is 1.88. The molecule has 0 bridgehead atoms. The first kappa shape index (κ1) is 15.7. The van der Waals surface area contributed by atoms with Gasteiger partial charge in [0.15, 0.2) is 0 Å². The monoisotopic (exact) mass is 275 g/mol. The standard InChI is InChI=1S/C12H12ClN.C5H10/c1-3-9-6-10-7-11(13)4-5-12(10)14-8(9)2;1-3-5-4-2/h4-7H,3H2,1-2H3;3,5H,4H2,1-2H3/b;5-3+. The summed E-state index contributed by atoms with van der Waals surface area (Å²) in [5, 5.41) is 1.89. The Bertz CT molecular complexity index is 558. The van der Waals surface area contributed by atoms with Crippen LogP contribution in [0.4, 0.5) is 0 Å². The van der Waals surface area contributed by atoms with Crippen molar-refractivity contribution in [1.29, 1.82) is 0 Å². The molecule has 1 heterocycles.